The summed E-state index contributed by atoms with van der Waals surface area (Å²) >= 11 is 0. The molecule has 7 nitrogen and oxygen atoms in total. The normalized spacial score (nSPS) is 10.5. The zero-order chi connectivity index (χ0) is 21.0. The molecule has 0 aliphatic heterocycles. The van der Waals surface area contributed by atoms with Crippen molar-refractivity contribution in [3.63, 3.8) is 0 Å². The van der Waals surface area contributed by atoms with Gasteiger partial charge in [0.2, 0.25) is 0 Å². The second-order valence-electron chi connectivity index (χ2n) is 6.89. The molecule has 1 aromatic heterocycles. The molecule has 0 bridgehead atoms. The summed E-state index contributed by atoms with van der Waals surface area (Å²) in [5.41, 5.74) is 3.53. The fourth-order valence-corrected chi connectivity index (χ4v) is 2.93. The van der Waals surface area contributed by atoms with Gasteiger partial charge in [0.1, 0.15) is 11.6 Å². The maximum atomic E-state index is 12.6. The largest absolute Gasteiger partial charge is 0.497 e. The van der Waals surface area contributed by atoms with E-state index in [1.165, 1.54) is 4.90 Å². The number of nitrogens with one attached hydrogen (secondary N) is 1. The fraction of sp³-hybridized carbons (Fsp3) is 0.227. The van der Waals surface area contributed by atoms with Gasteiger partial charge in [-0.25, -0.2) is 4.68 Å². The molecular formula is C22H24N4O3. The van der Waals surface area contributed by atoms with Gasteiger partial charge in [0.25, 0.3) is 0 Å². The summed E-state index contributed by atoms with van der Waals surface area (Å²) in [5.74, 6) is -0.212. The molecule has 0 unspecified atom stereocenters. The third kappa shape index (κ3) is 4.82. The van der Waals surface area contributed by atoms with Gasteiger partial charge in [-0.2, -0.15) is 5.10 Å². The molecule has 7 heteroatoms. The minimum atomic E-state index is -0.719. The third-order valence-corrected chi connectivity index (χ3v) is 4.45. The van der Waals surface area contributed by atoms with Gasteiger partial charge in [-0.3, -0.25) is 9.59 Å². The molecule has 3 aromatic rings. The molecule has 0 radical (unpaired) electrons. The van der Waals surface area contributed by atoms with Gasteiger partial charge in [-0.15, -0.1) is 0 Å². The topological polar surface area (TPSA) is 76.5 Å². The monoisotopic (exact) mass is 392 g/mol. The van der Waals surface area contributed by atoms with Crippen molar-refractivity contribution >= 4 is 17.6 Å². The van der Waals surface area contributed by atoms with Crippen LogP contribution in [0.3, 0.4) is 0 Å². The van der Waals surface area contributed by atoms with Crippen LogP contribution in [0.15, 0.2) is 54.6 Å². The third-order valence-electron chi connectivity index (χ3n) is 4.45. The summed E-state index contributed by atoms with van der Waals surface area (Å²) in [4.78, 5) is 26.5. The Morgan fingerprint density at radius 3 is 2.52 bits per heavy atom. The molecule has 2 aromatic carbocycles. The molecule has 0 atom stereocenters. The molecule has 3 rings (SSSR count). The Hall–Kier alpha value is -3.61. The summed E-state index contributed by atoms with van der Waals surface area (Å²) in [6, 6.07) is 16.9. The number of hydrogen-bond donors (Lipinski definition) is 1. The standard InChI is InChI=1S/C22H24N4O3/c1-15-8-10-18(11-9-15)26-20(12-16(2)24-26)23-21(27)22(28)25(3)14-17-6-5-7-19(13-17)29-4/h5-13H,14H2,1-4H3,(H,23,27). The van der Waals surface area contributed by atoms with Crippen LogP contribution in [0.25, 0.3) is 5.69 Å². The van der Waals surface area contributed by atoms with E-state index in [1.54, 1.807) is 24.9 Å². The Labute approximate surface area is 169 Å². The molecular weight excluding hydrogens is 368 g/mol. The van der Waals surface area contributed by atoms with Crippen LogP contribution >= 0.6 is 0 Å². The zero-order valence-corrected chi connectivity index (χ0v) is 17.0. The number of methoxy groups -OCH3 is 1. The summed E-state index contributed by atoms with van der Waals surface area (Å²) in [5, 5.41) is 7.10. The van der Waals surface area contributed by atoms with Crippen molar-refractivity contribution < 1.29 is 14.3 Å². The quantitative estimate of drug-likeness (QED) is 0.677. The number of anilines is 1. The highest BCUT2D eigenvalue weighted by Gasteiger charge is 2.21. The van der Waals surface area contributed by atoms with Crippen molar-refractivity contribution in [1.29, 1.82) is 0 Å². The average Bonchev–Trinajstić information content (AvgIpc) is 3.08. The molecule has 0 aliphatic rings. The number of aryl methyl sites for hydroxylation is 2. The van der Waals surface area contributed by atoms with E-state index in [1.807, 2.05) is 62.4 Å². The first-order chi connectivity index (χ1) is 13.9. The summed E-state index contributed by atoms with van der Waals surface area (Å²) in [6.45, 7) is 4.12. The number of carbonyl (C=O) groups excluding carboxylic acids is 2. The zero-order valence-electron chi connectivity index (χ0n) is 17.0. The number of benzene rings is 2. The van der Waals surface area contributed by atoms with E-state index in [4.69, 9.17) is 4.74 Å². The van der Waals surface area contributed by atoms with E-state index in [-0.39, 0.29) is 0 Å². The molecule has 2 amide bonds. The van der Waals surface area contributed by atoms with Gasteiger partial charge in [0.05, 0.1) is 18.5 Å². The van der Waals surface area contributed by atoms with Crippen molar-refractivity contribution in [2.45, 2.75) is 20.4 Å². The minimum absolute atomic E-state index is 0.291. The first kappa shape index (κ1) is 20.1. The SMILES string of the molecule is COc1cccc(CN(C)C(=O)C(=O)Nc2cc(C)nn2-c2ccc(C)cc2)c1. The van der Waals surface area contributed by atoms with Gasteiger partial charge >= 0.3 is 11.8 Å². The lowest BCUT2D eigenvalue weighted by atomic mass is 10.2. The molecule has 0 fully saturated rings. The number of carbonyl (C=O) groups is 2. The van der Waals surface area contributed by atoms with Crippen LogP contribution in [-0.4, -0.2) is 40.7 Å². The Morgan fingerprint density at radius 2 is 1.83 bits per heavy atom. The van der Waals surface area contributed by atoms with Crippen LogP contribution in [-0.2, 0) is 16.1 Å². The molecule has 0 saturated carbocycles. The molecule has 0 saturated heterocycles. The van der Waals surface area contributed by atoms with E-state index < -0.39 is 11.8 Å². The lowest BCUT2D eigenvalue weighted by molar-refractivity contribution is -0.142. The number of rotatable bonds is 5. The van der Waals surface area contributed by atoms with Crippen LogP contribution in [0.5, 0.6) is 5.75 Å². The van der Waals surface area contributed by atoms with Crippen molar-refractivity contribution in [3.8, 4) is 11.4 Å². The molecule has 1 heterocycles. The second-order valence-corrected chi connectivity index (χ2v) is 6.89. The molecule has 0 spiro atoms. The van der Waals surface area contributed by atoms with Crippen molar-refractivity contribution in [2.24, 2.45) is 0 Å². The maximum Gasteiger partial charge on any atom is 0.315 e. The van der Waals surface area contributed by atoms with Gasteiger partial charge in [0, 0.05) is 19.7 Å². The Kier molecular flexibility index (Phi) is 5.97. The number of likely N-dealkylation sites (N-methyl/N-ethyl adjacent to an activating group) is 1. The van der Waals surface area contributed by atoms with E-state index in [2.05, 4.69) is 10.4 Å². The first-order valence-corrected chi connectivity index (χ1v) is 9.20. The summed E-state index contributed by atoms with van der Waals surface area (Å²) in [7, 11) is 3.17. The van der Waals surface area contributed by atoms with E-state index in [9.17, 15) is 9.59 Å². The molecule has 150 valence electrons. The second kappa shape index (κ2) is 8.60. The van der Waals surface area contributed by atoms with Crippen molar-refractivity contribution in [1.82, 2.24) is 14.7 Å². The number of amides is 2. The van der Waals surface area contributed by atoms with Crippen molar-refractivity contribution in [3.05, 3.63) is 71.4 Å². The molecule has 0 aliphatic carbocycles. The molecule has 29 heavy (non-hydrogen) atoms. The van der Waals surface area contributed by atoms with Gasteiger partial charge in [0.15, 0.2) is 0 Å². The maximum absolute atomic E-state index is 12.6. The smallest absolute Gasteiger partial charge is 0.315 e. The summed E-state index contributed by atoms with van der Waals surface area (Å²) < 4.78 is 6.81. The Balaban J connectivity index is 1.72. The number of nitrogens with zero attached hydrogens (tertiary/aromatic N) is 3. The number of hydrogen-bond acceptors (Lipinski definition) is 4. The average molecular weight is 392 g/mol. The van der Waals surface area contributed by atoms with Crippen LogP contribution in [0, 0.1) is 13.8 Å². The number of aromatic nitrogens is 2. The van der Waals surface area contributed by atoms with Crippen LogP contribution in [0.2, 0.25) is 0 Å². The number of ether oxygens (including phenoxy) is 1. The van der Waals surface area contributed by atoms with Crippen LogP contribution in [0.1, 0.15) is 16.8 Å². The van der Waals surface area contributed by atoms with E-state index in [0.29, 0.717) is 18.1 Å². The van der Waals surface area contributed by atoms with E-state index in [0.717, 1.165) is 22.5 Å². The first-order valence-electron chi connectivity index (χ1n) is 9.20. The highest BCUT2D eigenvalue weighted by molar-refractivity contribution is 6.39. The lowest BCUT2D eigenvalue weighted by Gasteiger charge is -2.17. The molecule has 1 N–H and O–H groups in total. The predicted molar refractivity (Wildman–Crippen MR) is 111 cm³/mol. The Morgan fingerprint density at radius 1 is 1.10 bits per heavy atom. The van der Waals surface area contributed by atoms with Crippen LogP contribution < -0.4 is 10.1 Å². The van der Waals surface area contributed by atoms with Crippen molar-refractivity contribution in [2.75, 3.05) is 19.5 Å². The van der Waals surface area contributed by atoms with Gasteiger partial charge in [-0.05, 0) is 43.7 Å². The van der Waals surface area contributed by atoms with Crippen LogP contribution in [0.4, 0.5) is 5.82 Å². The summed E-state index contributed by atoms with van der Waals surface area (Å²) in [6.07, 6.45) is 0. The minimum Gasteiger partial charge on any atom is -0.497 e. The van der Waals surface area contributed by atoms with E-state index >= 15 is 0 Å². The lowest BCUT2D eigenvalue weighted by Crippen LogP contribution is -2.37. The Bertz CT molecular complexity index is 1020. The fourth-order valence-electron chi connectivity index (χ4n) is 2.93. The van der Waals surface area contributed by atoms with Gasteiger partial charge in [-0.1, -0.05) is 29.8 Å². The predicted octanol–water partition coefficient (Wildman–Crippen LogP) is 3.09. The van der Waals surface area contributed by atoms with Gasteiger partial charge < -0.3 is 15.0 Å². The highest BCUT2D eigenvalue weighted by atomic mass is 16.5. The highest BCUT2D eigenvalue weighted by Crippen LogP contribution is 2.18.